The Morgan fingerprint density at radius 2 is 1.81 bits per heavy atom. The fraction of sp³-hybridized carbons (Fsp3) is 0.375. The number of para-hydroxylation sites is 1. The summed E-state index contributed by atoms with van der Waals surface area (Å²) < 4.78 is 10.5. The second kappa shape index (κ2) is 10.5. The number of carbonyl (C=O) groups is 2. The van der Waals surface area contributed by atoms with Gasteiger partial charge in [-0.05, 0) is 43.5 Å². The minimum Gasteiger partial charge on any atom is -0.493 e. The van der Waals surface area contributed by atoms with E-state index < -0.39 is 5.25 Å². The van der Waals surface area contributed by atoms with E-state index in [-0.39, 0.29) is 18.2 Å². The molecular weight excluding hydrogens is 426 g/mol. The van der Waals surface area contributed by atoms with Gasteiger partial charge in [-0.2, -0.15) is 0 Å². The molecule has 0 radical (unpaired) electrons. The Kier molecular flexibility index (Phi) is 7.80. The predicted octanol–water partition coefficient (Wildman–Crippen LogP) is 4.69. The molecule has 0 bridgehead atoms. The van der Waals surface area contributed by atoms with E-state index >= 15 is 0 Å². The van der Waals surface area contributed by atoms with Crippen LogP contribution in [0.2, 0.25) is 0 Å². The molecule has 32 heavy (non-hydrogen) atoms. The molecule has 2 aromatic rings. The standard InChI is InChI=1S/C24H29N3O4S/c1-6-12-27-23(29)20(32-24(27)26-22-15(2)8-7-9-16(22)3)14-21(28)25-17-10-11-18(30-4)19(13-17)31-5/h7-11,13,20H,6,12,14H2,1-5H3,(H,25,28). The zero-order valence-electron chi connectivity index (χ0n) is 19.1. The first-order valence-electron chi connectivity index (χ1n) is 10.5. The molecule has 8 heteroatoms. The third kappa shape index (κ3) is 5.24. The monoisotopic (exact) mass is 455 g/mol. The summed E-state index contributed by atoms with van der Waals surface area (Å²) in [6.07, 6.45) is 0.868. The quantitative estimate of drug-likeness (QED) is 0.625. The SMILES string of the molecule is CCCN1C(=O)C(CC(=O)Nc2ccc(OC)c(OC)c2)SC1=Nc1c(C)cccc1C. The van der Waals surface area contributed by atoms with E-state index in [1.54, 1.807) is 30.2 Å². The van der Waals surface area contributed by atoms with Gasteiger partial charge in [0.2, 0.25) is 11.8 Å². The van der Waals surface area contributed by atoms with Crippen LogP contribution in [0.1, 0.15) is 30.9 Å². The summed E-state index contributed by atoms with van der Waals surface area (Å²) in [6, 6.07) is 11.2. The summed E-state index contributed by atoms with van der Waals surface area (Å²) in [7, 11) is 3.09. The number of hydrogen-bond acceptors (Lipinski definition) is 6. The van der Waals surface area contributed by atoms with Crippen LogP contribution in [0, 0.1) is 13.8 Å². The Morgan fingerprint density at radius 3 is 2.44 bits per heavy atom. The number of nitrogens with one attached hydrogen (secondary N) is 1. The molecule has 1 aliphatic rings. The van der Waals surface area contributed by atoms with E-state index in [4.69, 9.17) is 14.5 Å². The molecular formula is C24H29N3O4S. The van der Waals surface area contributed by atoms with Crippen molar-refractivity contribution in [2.45, 2.75) is 38.9 Å². The number of aryl methyl sites for hydroxylation is 2. The van der Waals surface area contributed by atoms with Gasteiger partial charge in [0.1, 0.15) is 5.25 Å². The van der Waals surface area contributed by atoms with Crippen molar-refractivity contribution in [1.29, 1.82) is 0 Å². The van der Waals surface area contributed by atoms with Crippen LogP contribution in [0.3, 0.4) is 0 Å². The molecule has 1 unspecified atom stereocenters. The first-order valence-corrected chi connectivity index (χ1v) is 11.4. The number of amides is 2. The van der Waals surface area contributed by atoms with Gasteiger partial charge in [-0.15, -0.1) is 0 Å². The van der Waals surface area contributed by atoms with Crippen molar-refractivity contribution in [3.8, 4) is 11.5 Å². The molecule has 0 aliphatic carbocycles. The fourth-order valence-electron chi connectivity index (χ4n) is 3.53. The minimum absolute atomic E-state index is 0.0594. The zero-order chi connectivity index (χ0) is 23.3. The van der Waals surface area contributed by atoms with Crippen LogP contribution in [0.25, 0.3) is 0 Å². The lowest BCUT2D eigenvalue weighted by molar-refractivity contribution is -0.128. The summed E-state index contributed by atoms with van der Waals surface area (Å²) in [5.41, 5.74) is 3.56. The molecule has 0 spiro atoms. The number of amidine groups is 1. The average molecular weight is 456 g/mol. The van der Waals surface area contributed by atoms with Crippen LogP contribution < -0.4 is 14.8 Å². The van der Waals surface area contributed by atoms with Crippen molar-refractivity contribution in [2.24, 2.45) is 4.99 Å². The molecule has 1 N–H and O–H groups in total. The van der Waals surface area contributed by atoms with E-state index in [0.29, 0.717) is 28.9 Å². The smallest absolute Gasteiger partial charge is 0.242 e. The Bertz CT molecular complexity index is 1020. The number of rotatable bonds is 8. The van der Waals surface area contributed by atoms with Crippen LogP contribution in [0.4, 0.5) is 11.4 Å². The van der Waals surface area contributed by atoms with E-state index in [0.717, 1.165) is 23.2 Å². The number of anilines is 1. The summed E-state index contributed by atoms with van der Waals surface area (Å²) in [4.78, 5) is 32.3. The van der Waals surface area contributed by atoms with Crippen molar-refractivity contribution < 1.29 is 19.1 Å². The average Bonchev–Trinajstić information content (AvgIpc) is 3.05. The second-order valence-electron chi connectivity index (χ2n) is 7.55. The number of carbonyl (C=O) groups excluding carboxylic acids is 2. The predicted molar refractivity (Wildman–Crippen MR) is 129 cm³/mol. The number of nitrogens with zero attached hydrogens (tertiary/aromatic N) is 2. The van der Waals surface area contributed by atoms with Gasteiger partial charge in [-0.3, -0.25) is 14.5 Å². The highest BCUT2D eigenvalue weighted by atomic mass is 32.2. The second-order valence-corrected chi connectivity index (χ2v) is 8.72. The Morgan fingerprint density at radius 1 is 1.12 bits per heavy atom. The Balaban J connectivity index is 1.76. The zero-order valence-corrected chi connectivity index (χ0v) is 19.9. The number of thioether (sulfide) groups is 1. The Hall–Kier alpha value is -3.00. The third-order valence-corrected chi connectivity index (χ3v) is 6.33. The molecule has 2 amide bonds. The third-order valence-electron chi connectivity index (χ3n) is 5.15. The number of aliphatic imine (C=N–C) groups is 1. The summed E-state index contributed by atoms with van der Waals surface area (Å²) in [6.45, 7) is 6.60. The first-order chi connectivity index (χ1) is 15.4. The lowest BCUT2D eigenvalue weighted by Crippen LogP contribution is -2.34. The molecule has 1 heterocycles. The largest absolute Gasteiger partial charge is 0.493 e. The molecule has 1 fully saturated rings. The summed E-state index contributed by atoms with van der Waals surface area (Å²) in [5, 5.41) is 2.99. The van der Waals surface area contributed by atoms with E-state index in [2.05, 4.69) is 5.32 Å². The van der Waals surface area contributed by atoms with Gasteiger partial charge in [0.25, 0.3) is 0 Å². The molecule has 1 aliphatic heterocycles. The maximum absolute atomic E-state index is 13.0. The van der Waals surface area contributed by atoms with Crippen molar-refractivity contribution in [3.63, 3.8) is 0 Å². The van der Waals surface area contributed by atoms with Gasteiger partial charge in [-0.25, -0.2) is 4.99 Å². The molecule has 3 rings (SSSR count). The van der Waals surface area contributed by atoms with Crippen LogP contribution >= 0.6 is 11.8 Å². The Labute approximate surface area is 193 Å². The maximum Gasteiger partial charge on any atom is 0.242 e. The molecule has 1 atom stereocenters. The van der Waals surface area contributed by atoms with Gasteiger partial charge in [0.05, 0.1) is 19.9 Å². The summed E-state index contributed by atoms with van der Waals surface area (Å²) in [5.74, 6) is 0.778. The summed E-state index contributed by atoms with van der Waals surface area (Å²) >= 11 is 1.35. The van der Waals surface area contributed by atoms with Crippen LogP contribution in [0.15, 0.2) is 41.4 Å². The van der Waals surface area contributed by atoms with E-state index in [9.17, 15) is 9.59 Å². The minimum atomic E-state index is -0.509. The molecule has 0 saturated carbocycles. The highest BCUT2D eigenvalue weighted by Gasteiger charge is 2.38. The molecule has 7 nitrogen and oxygen atoms in total. The number of benzene rings is 2. The van der Waals surface area contributed by atoms with Crippen molar-refractivity contribution in [3.05, 3.63) is 47.5 Å². The van der Waals surface area contributed by atoms with E-state index in [1.807, 2.05) is 39.0 Å². The van der Waals surface area contributed by atoms with Gasteiger partial charge in [-0.1, -0.05) is 36.9 Å². The highest BCUT2D eigenvalue weighted by Crippen LogP contribution is 2.34. The van der Waals surface area contributed by atoms with E-state index in [1.165, 1.54) is 18.9 Å². The molecule has 0 aromatic heterocycles. The van der Waals surface area contributed by atoms with Crippen molar-refractivity contribution in [1.82, 2.24) is 4.90 Å². The molecule has 170 valence electrons. The maximum atomic E-state index is 13.0. The van der Waals surface area contributed by atoms with Crippen LogP contribution in [-0.2, 0) is 9.59 Å². The number of methoxy groups -OCH3 is 2. The van der Waals surface area contributed by atoms with Crippen molar-refractivity contribution in [2.75, 3.05) is 26.1 Å². The number of hydrogen-bond donors (Lipinski definition) is 1. The normalized spacial score (nSPS) is 17.0. The number of ether oxygens (including phenoxy) is 2. The fourth-order valence-corrected chi connectivity index (χ4v) is 4.70. The van der Waals surface area contributed by atoms with Crippen LogP contribution in [0.5, 0.6) is 11.5 Å². The lowest BCUT2D eigenvalue weighted by Gasteiger charge is -2.16. The lowest BCUT2D eigenvalue weighted by atomic mass is 10.1. The van der Waals surface area contributed by atoms with Gasteiger partial charge >= 0.3 is 0 Å². The van der Waals surface area contributed by atoms with Gasteiger partial charge in [0, 0.05) is 24.7 Å². The highest BCUT2D eigenvalue weighted by molar-refractivity contribution is 8.15. The van der Waals surface area contributed by atoms with Crippen molar-refractivity contribution >= 4 is 40.1 Å². The molecule has 2 aromatic carbocycles. The first kappa shape index (κ1) is 23.7. The topological polar surface area (TPSA) is 80.2 Å². The van der Waals surface area contributed by atoms with Gasteiger partial charge < -0.3 is 14.8 Å². The van der Waals surface area contributed by atoms with Crippen LogP contribution in [-0.4, -0.2) is 47.9 Å². The molecule has 1 saturated heterocycles. The van der Waals surface area contributed by atoms with Gasteiger partial charge in [0.15, 0.2) is 16.7 Å².